The molecule has 0 radical (unpaired) electrons. The second-order valence-electron chi connectivity index (χ2n) is 2.94. The van der Waals surface area contributed by atoms with Crippen LogP contribution >= 0.6 is 12.2 Å². The number of hydrogen-bond acceptors (Lipinski definition) is 4. The lowest BCUT2D eigenvalue weighted by Gasteiger charge is -1.96. The van der Waals surface area contributed by atoms with Crippen LogP contribution in [0, 0.1) is 4.77 Å². The first-order valence-corrected chi connectivity index (χ1v) is 4.61. The summed E-state index contributed by atoms with van der Waals surface area (Å²) >= 11 is 5.00. The summed E-state index contributed by atoms with van der Waals surface area (Å²) in [7, 11) is 1.85. The summed E-state index contributed by atoms with van der Waals surface area (Å²) in [5.41, 5.74) is 0. The molecule has 0 aliphatic carbocycles. The standard InChI is InChI=1S/C7H10N6S/c1-12-4-8-6(11-12)2-3-13-5-9-10-7(13)14/h4-5H,2-3H2,1H3,(H,10,14). The highest BCUT2D eigenvalue weighted by atomic mass is 32.1. The van der Waals surface area contributed by atoms with Crippen LogP contribution in [0.5, 0.6) is 0 Å². The zero-order chi connectivity index (χ0) is 9.97. The van der Waals surface area contributed by atoms with Crippen LogP contribution in [-0.2, 0) is 20.0 Å². The SMILES string of the molecule is Cn1cnc(CCn2cn[nH]c2=S)n1. The van der Waals surface area contributed by atoms with Gasteiger partial charge in [-0.15, -0.1) is 0 Å². The zero-order valence-corrected chi connectivity index (χ0v) is 8.53. The number of aryl methyl sites for hydroxylation is 3. The molecule has 74 valence electrons. The van der Waals surface area contributed by atoms with Crippen molar-refractivity contribution < 1.29 is 0 Å². The van der Waals surface area contributed by atoms with E-state index in [0.29, 0.717) is 4.77 Å². The fourth-order valence-corrected chi connectivity index (χ4v) is 1.34. The Morgan fingerprint density at radius 2 is 2.36 bits per heavy atom. The first-order valence-electron chi connectivity index (χ1n) is 4.20. The van der Waals surface area contributed by atoms with Crippen molar-refractivity contribution in [3.05, 3.63) is 23.3 Å². The molecular weight excluding hydrogens is 200 g/mol. The predicted octanol–water partition coefficient (Wildman–Crippen LogP) is 0.312. The molecule has 0 saturated carbocycles. The third kappa shape index (κ3) is 1.87. The number of H-pyrrole nitrogens is 1. The van der Waals surface area contributed by atoms with Gasteiger partial charge in [0.05, 0.1) is 0 Å². The third-order valence-corrected chi connectivity index (χ3v) is 2.17. The van der Waals surface area contributed by atoms with E-state index in [-0.39, 0.29) is 0 Å². The van der Waals surface area contributed by atoms with Gasteiger partial charge in [0.25, 0.3) is 0 Å². The molecule has 0 amide bonds. The van der Waals surface area contributed by atoms with Crippen LogP contribution in [0.1, 0.15) is 5.82 Å². The molecule has 0 saturated heterocycles. The summed E-state index contributed by atoms with van der Waals surface area (Å²) < 4.78 is 4.16. The Kier molecular flexibility index (Phi) is 2.40. The topological polar surface area (TPSA) is 64.3 Å². The van der Waals surface area contributed by atoms with E-state index >= 15 is 0 Å². The van der Waals surface area contributed by atoms with Gasteiger partial charge in [0.15, 0.2) is 10.6 Å². The van der Waals surface area contributed by atoms with Gasteiger partial charge in [-0.05, 0) is 12.2 Å². The van der Waals surface area contributed by atoms with Gasteiger partial charge >= 0.3 is 0 Å². The van der Waals surface area contributed by atoms with Crippen molar-refractivity contribution in [2.75, 3.05) is 0 Å². The Bertz CT molecular complexity index is 466. The quantitative estimate of drug-likeness (QED) is 0.741. The van der Waals surface area contributed by atoms with Crippen molar-refractivity contribution in [3.8, 4) is 0 Å². The minimum atomic E-state index is 0.626. The average Bonchev–Trinajstić information content (AvgIpc) is 2.72. The van der Waals surface area contributed by atoms with Crippen molar-refractivity contribution in [2.45, 2.75) is 13.0 Å². The summed E-state index contributed by atoms with van der Waals surface area (Å²) in [6.45, 7) is 0.749. The highest BCUT2D eigenvalue weighted by Crippen LogP contribution is 1.94. The van der Waals surface area contributed by atoms with Gasteiger partial charge < -0.3 is 4.57 Å². The molecule has 0 fully saturated rings. The Morgan fingerprint density at radius 3 is 2.93 bits per heavy atom. The summed E-state index contributed by atoms with van der Waals surface area (Å²) in [4.78, 5) is 4.12. The van der Waals surface area contributed by atoms with Crippen LogP contribution in [-0.4, -0.2) is 29.5 Å². The van der Waals surface area contributed by atoms with Crippen LogP contribution in [0.2, 0.25) is 0 Å². The monoisotopic (exact) mass is 210 g/mol. The molecule has 0 spiro atoms. The van der Waals surface area contributed by atoms with Crippen molar-refractivity contribution >= 4 is 12.2 Å². The van der Waals surface area contributed by atoms with Gasteiger partial charge in [-0.1, -0.05) is 0 Å². The summed E-state index contributed by atoms with van der Waals surface area (Å²) in [6, 6.07) is 0. The molecule has 7 heteroatoms. The lowest BCUT2D eigenvalue weighted by atomic mass is 10.4. The average molecular weight is 210 g/mol. The predicted molar refractivity (Wildman–Crippen MR) is 52.1 cm³/mol. The number of rotatable bonds is 3. The molecule has 0 aromatic carbocycles. The van der Waals surface area contributed by atoms with E-state index in [0.717, 1.165) is 18.8 Å². The first-order chi connectivity index (χ1) is 6.75. The second-order valence-corrected chi connectivity index (χ2v) is 3.33. The molecule has 0 bridgehead atoms. The number of aromatic amines is 1. The van der Waals surface area contributed by atoms with Crippen LogP contribution in [0.3, 0.4) is 0 Å². The molecule has 2 rings (SSSR count). The highest BCUT2D eigenvalue weighted by molar-refractivity contribution is 7.71. The minimum Gasteiger partial charge on any atom is -0.306 e. The molecule has 0 unspecified atom stereocenters. The van der Waals surface area contributed by atoms with E-state index in [1.807, 2.05) is 11.6 Å². The van der Waals surface area contributed by atoms with Crippen LogP contribution in [0.25, 0.3) is 0 Å². The van der Waals surface area contributed by atoms with Gasteiger partial charge in [0.1, 0.15) is 12.7 Å². The Morgan fingerprint density at radius 1 is 1.50 bits per heavy atom. The molecule has 14 heavy (non-hydrogen) atoms. The van der Waals surface area contributed by atoms with Gasteiger partial charge in [0, 0.05) is 20.0 Å². The second kappa shape index (κ2) is 3.70. The van der Waals surface area contributed by atoms with Crippen molar-refractivity contribution in [1.29, 1.82) is 0 Å². The molecule has 2 aromatic rings. The van der Waals surface area contributed by atoms with Gasteiger partial charge in [-0.25, -0.2) is 4.98 Å². The largest absolute Gasteiger partial charge is 0.306 e. The van der Waals surface area contributed by atoms with E-state index in [4.69, 9.17) is 12.2 Å². The molecular formula is C7H10N6S. The molecule has 6 nitrogen and oxygen atoms in total. The molecule has 0 aliphatic rings. The Labute approximate surface area is 85.6 Å². The lowest BCUT2D eigenvalue weighted by Crippen LogP contribution is -2.02. The number of hydrogen-bond donors (Lipinski definition) is 1. The number of aromatic nitrogens is 6. The maximum Gasteiger partial charge on any atom is 0.194 e. The zero-order valence-electron chi connectivity index (χ0n) is 7.71. The van der Waals surface area contributed by atoms with E-state index < -0.39 is 0 Å². The van der Waals surface area contributed by atoms with Crippen molar-refractivity contribution in [3.63, 3.8) is 0 Å². The normalized spacial score (nSPS) is 10.6. The third-order valence-electron chi connectivity index (χ3n) is 1.84. The summed E-state index contributed by atoms with van der Waals surface area (Å²) in [5, 5.41) is 10.7. The first kappa shape index (κ1) is 9.07. The van der Waals surface area contributed by atoms with E-state index in [9.17, 15) is 0 Å². The summed E-state index contributed by atoms with van der Waals surface area (Å²) in [6.07, 6.45) is 4.12. The van der Waals surface area contributed by atoms with Gasteiger partial charge in [-0.3, -0.25) is 9.78 Å². The molecule has 2 heterocycles. The molecule has 1 N–H and O–H groups in total. The smallest absolute Gasteiger partial charge is 0.194 e. The fraction of sp³-hybridized carbons (Fsp3) is 0.429. The maximum absolute atomic E-state index is 5.00. The highest BCUT2D eigenvalue weighted by Gasteiger charge is 2.00. The Hall–Kier alpha value is -1.50. The Balaban J connectivity index is 2.01. The maximum atomic E-state index is 5.00. The fourth-order valence-electron chi connectivity index (χ4n) is 1.15. The van der Waals surface area contributed by atoms with Crippen molar-refractivity contribution in [2.24, 2.45) is 7.05 Å². The van der Waals surface area contributed by atoms with E-state index in [2.05, 4.69) is 20.3 Å². The lowest BCUT2D eigenvalue weighted by molar-refractivity contribution is 0.651. The van der Waals surface area contributed by atoms with Crippen LogP contribution in [0.15, 0.2) is 12.7 Å². The van der Waals surface area contributed by atoms with Crippen LogP contribution in [0.4, 0.5) is 0 Å². The molecule has 0 aliphatic heterocycles. The van der Waals surface area contributed by atoms with Gasteiger partial charge in [-0.2, -0.15) is 10.2 Å². The molecule has 2 aromatic heterocycles. The minimum absolute atomic E-state index is 0.626. The summed E-state index contributed by atoms with van der Waals surface area (Å²) in [5.74, 6) is 0.815. The van der Waals surface area contributed by atoms with E-state index in [1.165, 1.54) is 0 Å². The van der Waals surface area contributed by atoms with Crippen LogP contribution < -0.4 is 0 Å². The molecule has 0 atom stereocenters. The van der Waals surface area contributed by atoms with Crippen molar-refractivity contribution in [1.82, 2.24) is 29.5 Å². The van der Waals surface area contributed by atoms with Gasteiger partial charge in [0.2, 0.25) is 0 Å². The number of nitrogens with zero attached hydrogens (tertiary/aromatic N) is 5. The van der Waals surface area contributed by atoms with E-state index in [1.54, 1.807) is 17.3 Å². The number of nitrogens with one attached hydrogen (secondary N) is 1.